The van der Waals surface area contributed by atoms with Crippen molar-refractivity contribution < 1.29 is 9.59 Å². The number of ketones is 1. The second-order valence-corrected chi connectivity index (χ2v) is 9.32. The molecule has 4 rings (SSSR count). The third kappa shape index (κ3) is 6.04. The molecular formula is C27H34N2O2. The van der Waals surface area contributed by atoms with E-state index in [0.29, 0.717) is 0 Å². The maximum absolute atomic E-state index is 12.6. The monoisotopic (exact) mass is 418 g/mol. The van der Waals surface area contributed by atoms with Gasteiger partial charge in [-0.05, 0) is 92.4 Å². The van der Waals surface area contributed by atoms with E-state index < -0.39 is 0 Å². The molecule has 0 bridgehead atoms. The molecule has 1 heterocycles. The van der Waals surface area contributed by atoms with Gasteiger partial charge in [-0.3, -0.25) is 14.5 Å². The Balaban J connectivity index is 1.23. The van der Waals surface area contributed by atoms with Crippen molar-refractivity contribution in [1.29, 1.82) is 0 Å². The summed E-state index contributed by atoms with van der Waals surface area (Å²) < 4.78 is 0. The number of aryl methyl sites for hydroxylation is 2. The summed E-state index contributed by atoms with van der Waals surface area (Å²) in [6.07, 6.45) is 7.62. The predicted octanol–water partition coefficient (Wildman–Crippen LogP) is 5.40. The van der Waals surface area contributed by atoms with Gasteiger partial charge >= 0.3 is 0 Å². The van der Waals surface area contributed by atoms with Crippen LogP contribution in [0.25, 0.3) is 0 Å². The number of Topliss-reactive ketones (excluding diaryl/α,β-unsaturated/α-hetero) is 1. The Bertz CT molecular complexity index is 911. The molecule has 0 atom stereocenters. The number of rotatable bonds is 7. The molecule has 0 spiro atoms. The van der Waals surface area contributed by atoms with E-state index in [0.717, 1.165) is 49.6 Å². The minimum Gasteiger partial charge on any atom is -0.326 e. The molecule has 0 unspecified atom stereocenters. The first-order valence-electron chi connectivity index (χ1n) is 11.8. The van der Waals surface area contributed by atoms with Gasteiger partial charge in [-0.1, -0.05) is 31.2 Å². The van der Waals surface area contributed by atoms with Crippen LogP contribution in [-0.4, -0.2) is 29.7 Å². The van der Waals surface area contributed by atoms with Crippen molar-refractivity contribution in [2.75, 3.05) is 18.4 Å². The zero-order valence-electron chi connectivity index (χ0n) is 18.7. The Labute approximate surface area is 186 Å². The van der Waals surface area contributed by atoms with Crippen molar-refractivity contribution in [2.45, 2.75) is 64.8 Å². The number of likely N-dealkylation sites (tertiary alicyclic amines) is 1. The van der Waals surface area contributed by atoms with Gasteiger partial charge in [0.25, 0.3) is 0 Å². The van der Waals surface area contributed by atoms with Crippen LogP contribution in [0.5, 0.6) is 0 Å². The Morgan fingerprint density at radius 1 is 0.935 bits per heavy atom. The van der Waals surface area contributed by atoms with Crippen molar-refractivity contribution in [3.05, 3.63) is 64.7 Å². The molecule has 0 radical (unpaired) electrons. The minimum absolute atomic E-state index is 0.0507. The lowest BCUT2D eigenvalue weighted by Gasteiger charge is -2.30. The maximum atomic E-state index is 12.6. The molecule has 0 saturated carbocycles. The third-order valence-corrected chi connectivity index (χ3v) is 6.77. The van der Waals surface area contributed by atoms with E-state index in [1.54, 1.807) is 0 Å². The van der Waals surface area contributed by atoms with Crippen LogP contribution in [0.2, 0.25) is 0 Å². The van der Waals surface area contributed by atoms with Crippen LogP contribution in [0.1, 0.15) is 72.5 Å². The van der Waals surface area contributed by atoms with E-state index in [2.05, 4.69) is 35.3 Å². The summed E-state index contributed by atoms with van der Waals surface area (Å²) in [5.74, 6) is 0.784. The summed E-state index contributed by atoms with van der Waals surface area (Å²) in [5, 5.41) is 2.93. The van der Waals surface area contributed by atoms with Gasteiger partial charge < -0.3 is 5.32 Å². The topological polar surface area (TPSA) is 49.4 Å². The summed E-state index contributed by atoms with van der Waals surface area (Å²) >= 11 is 0. The van der Waals surface area contributed by atoms with Crippen LogP contribution in [0.4, 0.5) is 5.69 Å². The number of carbonyl (C=O) groups excluding carboxylic acids is 2. The van der Waals surface area contributed by atoms with Gasteiger partial charge in [-0.15, -0.1) is 0 Å². The largest absolute Gasteiger partial charge is 0.326 e. The average Bonchev–Trinajstić information content (AvgIpc) is 2.80. The summed E-state index contributed by atoms with van der Waals surface area (Å²) in [4.78, 5) is 27.4. The van der Waals surface area contributed by atoms with Gasteiger partial charge in [0.2, 0.25) is 5.91 Å². The molecule has 164 valence electrons. The normalized spacial score (nSPS) is 17.2. The second-order valence-electron chi connectivity index (χ2n) is 9.32. The number of benzene rings is 2. The molecular weight excluding hydrogens is 384 g/mol. The van der Waals surface area contributed by atoms with Gasteiger partial charge in [0, 0.05) is 30.6 Å². The molecule has 1 aliphatic heterocycles. The molecule has 1 N–H and O–H groups in total. The number of nitrogens with zero attached hydrogens (tertiary/aromatic N) is 1. The minimum atomic E-state index is -0.107. The van der Waals surface area contributed by atoms with Gasteiger partial charge in [0.15, 0.2) is 5.78 Å². The fraction of sp³-hybridized carbons (Fsp3) is 0.481. The molecule has 1 fully saturated rings. The SMILES string of the molecule is CC1CCN(Cc2ccc(NC(=O)CCC(=O)c3ccc4c(c3)CCCC4)cc2)CC1. The fourth-order valence-corrected chi connectivity index (χ4v) is 4.67. The molecule has 2 aliphatic rings. The first-order chi connectivity index (χ1) is 15.1. The first-order valence-corrected chi connectivity index (χ1v) is 11.8. The van der Waals surface area contributed by atoms with Crippen LogP contribution in [0.3, 0.4) is 0 Å². The van der Waals surface area contributed by atoms with Crippen molar-refractivity contribution in [3.63, 3.8) is 0 Å². The molecule has 31 heavy (non-hydrogen) atoms. The number of hydrogen-bond acceptors (Lipinski definition) is 3. The van der Waals surface area contributed by atoms with Crippen LogP contribution < -0.4 is 5.32 Å². The molecule has 1 saturated heterocycles. The van der Waals surface area contributed by atoms with Crippen LogP contribution in [-0.2, 0) is 24.2 Å². The van der Waals surface area contributed by atoms with E-state index in [9.17, 15) is 9.59 Å². The zero-order chi connectivity index (χ0) is 21.6. The molecule has 1 aliphatic carbocycles. The van der Waals surface area contributed by atoms with E-state index in [1.807, 2.05) is 24.3 Å². The number of carbonyl (C=O) groups is 2. The van der Waals surface area contributed by atoms with Crippen LogP contribution in [0.15, 0.2) is 42.5 Å². The predicted molar refractivity (Wildman–Crippen MR) is 125 cm³/mol. The van der Waals surface area contributed by atoms with Gasteiger partial charge in [-0.2, -0.15) is 0 Å². The molecule has 1 amide bonds. The maximum Gasteiger partial charge on any atom is 0.224 e. The molecule has 4 nitrogen and oxygen atoms in total. The van der Waals surface area contributed by atoms with Gasteiger partial charge in [0.1, 0.15) is 0 Å². The molecule has 0 aromatic heterocycles. The van der Waals surface area contributed by atoms with Crippen LogP contribution in [0, 0.1) is 5.92 Å². The fourth-order valence-electron chi connectivity index (χ4n) is 4.67. The number of nitrogens with one attached hydrogen (secondary N) is 1. The Morgan fingerprint density at radius 2 is 1.65 bits per heavy atom. The van der Waals surface area contributed by atoms with Crippen molar-refractivity contribution in [1.82, 2.24) is 4.90 Å². The summed E-state index contributed by atoms with van der Waals surface area (Å²) in [6, 6.07) is 14.2. The lowest BCUT2D eigenvalue weighted by molar-refractivity contribution is -0.116. The Morgan fingerprint density at radius 3 is 2.39 bits per heavy atom. The lowest BCUT2D eigenvalue weighted by atomic mass is 9.89. The Kier molecular flexibility index (Phi) is 7.18. The van der Waals surface area contributed by atoms with E-state index in [-0.39, 0.29) is 24.5 Å². The summed E-state index contributed by atoms with van der Waals surface area (Å²) in [5.41, 5.74) is 5.49. The van der Waals surface area contributed by atoms with Crippen molar-refractivity contribution >= 4 is 17.4 Å². The highest BCUT2D eigenvalue weighted by molar-refractivity contribution is 6.00. The third-order valence-electron chi connectivity index (χ3n) is 6.77. The lowest BCUT2D eigenvalue weighted by Crippen LogP contribution is -2.32. The number of hydrogen-bond donors (Lipinski definition) is 1. The van der Waals surface area contributed by atoms with Gasteiger partial charge in [0.05, 0.1) is 0 Å². The number of fused-ring (bicyclic) bond motifs is 1. The first kappa shape index (κ1) is 21.8. The molecule has 4 heteroatoms. The average molecular weight is 419 g/mol. The Hall–Kier alpha value is -2.46. The highest BCUT2D eigenvalue weighted by Crippen LogP contribution is 2.23. The van der Waals surface area contributed by atoms with E-state index in [1.165, 1.54) is 42.4 Å². The molecule has 2 aromatic rings. The second kappa shape index (κ2) is 10.2. The van der Waals surface area contributed by atoms with Crippen molar-refractivity contribution in [3.8, 4) is 0 Å². The highest BCUT2D eigenvalue weighted by atomic mass is 16.2. The number of amides is 1. The number of anilines is 1. The van der Waals surface area contributed by atoms with E-state index >= 15 is 0 Å². The smallest absolute Gasteiger partial charge is 0.224 e. The number of piperidine rings is 1. The summed E-state index contributed by atoms with van der Waals surface area (Å²) in [6.45, 7) is 5.63. The van der Waals surface area contributed by atoms with E-state index in [4.69, 9.17) is 0 Å². The summed E-state index contributed by atoms with van der Waals surface area (Å²) in [7, 11) is 0. The van der Waals surface area contributed by atoms with Crippen molar-refractivity contribution in [2.24, 2.45) is 5.92 Å². The zero-order valence-corrected chi connectivity index (χ0v) is 18.7. The molecule has 2 aromatic carbocycles. The highest BCUT2D eigenvalue weighted by Gasteiger charge is 2.16. The van der Waals surface area contributed by atoms with Crippen LogP contribution >= 0.6 is 0 Å². The quantitative estimate of drug-likeness (QED) is 0.613. The van der Waals surface area contributed by atoms with Gasteiger partial charge in [-0.25, -0.2) is 0 Å². The standard InChI is InChI=1S/C27H34N2O2/c1-20-14-16-29(17-15-20)19-21-6-10-25(11-7-21)28-27(31)13-12-26(30)24-9-8-22-4-2-3-5-23(22)18-24/h6-11,18,20H,2-5,12-17,19H2,1H3,(H,28,31).